The molecule has 0 aliphatic carbocycles. The monoisotopic (exact) mass is 583 g/mol. The van der Waals surface area contributed by atoms with E-state index in [1.54, 1.807) is 6.92 Å². The highest BCUT2D eigenvalue weighted by atomic mass is 32.2. The first-order valence-electron chi connectivity index (χ1n) is 11.0. The molecule has 8 nitrogen and oxygen atoms in total. The fourth-order valence-corrected chi connectivity index (χ4v) is 6.68. The number of amides is 1. The van der Waals surface area contributed by atoms with Gasteiger partial charge in [0.25, 0.3) is 0 Å². The number of rotatable bonds is 8. The van der Waals surface area contributed by atoms with Crippen LogP contribution in [-0.4, -0.2) is 34.0 Å². The Morgan fingerprint density at radius 3 is 2.03 bits per heavy atom. The number of aryl methyl sites for hydroxylation is 1. The van der Waals surface area contributed by atoms with Gasteiger partial charge in [0.15, 0.2) is 9.84 Å². The first-order valence-corrected chi connectivity index (χ1v) is 14.1. The fraction of sp³-hybridized carbons (Fsp3) is 0.200. The SMILES string of the molecule is Cc1ccc(S(=O)(=O)N[C@](C)(CS(=O)(=O)c2ccc(F)cc2)C(=O)Nc2ccc(C#N)c(C(F)(F)F)c2)cc1. The summed E-state index contributed by atoms with van der Waals surface area (Å²) in [5.74, 6) is -3.22. The molecule has 0 bridgehead atoms. The fourth-order valence-electron chi connectivity index (χ4n) is 3.54. The van der Waals surface area contributed by atoms with E-state index in [4.69, 9.17) is 5.26 Å². The average Bonchev–Trinajstić information content (AvgIpc) is 2.83. The van der Waals surface area contributed by atoms with Crippen molar-refractivity contribution in [2.45, 2.75) is 35.4 Å². The van der Waals surface area contributed by atoms with E-state index >= 15 is 0 Å². The van der Waals surface area contributed by atoms with Crippen molar-refractivity contribution in [1.82, 2.24) is 4.72 Å². The van der Waals surface area contributed by atoms with Gasteiger partial charge in [0.05, 0.1) is 32.7 Å². The van der Waals surface area contributed by atoms with Crippen LogP contribution < -0.4 is 10.0 Å². The van der Waals surface area contributed by atoms with Crippen LogP contribution in [0.3, 0.4) is 0 Å². The highest BCUT2D eigenvalue weighted by Gasteiger charge is 2.43. The van der Waals surface area contributed by atoms with Crippen LogP contribution in [-0.2, 0) is 30.8 Å². The van der Waals surface area contributed by atoms with Crippen molar-refractivity contribution < 1.29 is 39.2 Å². The maximum atomic E-state index is 13.4. The Hall–Kier alpha value is -3.80. The third kappa shape index (κ3) is 6.99. The van der Waals surface area contributed by atoms with Gasteiger partial charge < -0.3 is 5.32 Å². The van der Waals surface area contributed by atoms with Gasteiger partial charge in [-0.2, -0.15) is 23.2 Å². The molecule has 0 heterocycles. The molecule has 0 spiro atoms. The van der Waals surface area contributed by atoms with Crippen molar-refractivity contribution >= 4 is 31.5 Å². The summed E-state index contributed by atoms with van der Waals surface area (Å²) in [5, 5.41) is 11.1. The second-order valence-electron chi connectivity index (χ2n) is 8.79. The molecule has 206 valence electrons. The molecule has 3 aromatic carbocycles. The number of hydrogen-bond donors (Lipinski definition) is 2. The molecule has 3 rings (SSSR count). The number of hydrogen-bond acceptors (Lipinski definition) is 6. The van der Waals surface area contributed by atoms with Crippen LogP contribution in [0.1, 0.15) is 23.6 Å². The number of sulfone groups is 1. The van der Waals surface area contributed by atoms with E-state index in [2.05, 4.69) is 10.0 Å². The molecular weight excluding hydrogens is 562 g/mol. The highest BCUT2D eigenvalue weighted by molar-refractivity contribution is 7.92. The zero-order valence-corrected chi connectivity index (χ0v) is 22.0. The molecule has 1 atom stereocenters. The summed E-state index contributed by atoms with van der Waals surface area (Å²) >= 11 is 0. The van der Waals surface area contributed by atoms with Gasteiger partial charge in [-0.15, -0.1) is 0 Å². The maximum absolute atomic E-state index is 13.4. The van der Waals surface area contributed by atoms with E-state index in [1.807, 2.05) is 0 Å². The Kier molecular flexibility index (Phi) is 8.21. The van der Waals surface area contributed by atoms with Crippen molar-refractivity contribution in [2.24, 2.45) is 0 Å². The number of halogens is 4. The van der Waals surface area contributed by atoms with Gasteiger partial charge in [0, 0.05) is 5.69 Å². The molecular formula is C25H21F4N3O5S2. The molecule has 0 saturated carbocycles. The minimum atomic E-state index is -4.95. The van der Waals surface area contributed by atoms with Gasteiger partial charge in [-0.25, -0.2) is 21.2 Å². The number of carbonyl (C=O) groups excluding carboxylic acids is 1. The molecule has 0 saturated heterocycles. The lowest BCUT2D eigenvalue weighted by molar-refractivity contribution is -0.137. The molecule has 0 aliphatic rings. The first-order chi connectivity index (χ1) is 18.0. The highest BCUT2D eigenvalue weighted by Crippen LogP contribution is 2.34. The number of nitriles is 1. The number of anilines is 1. The number of sulfonamides is 1. The van der Waals surface area contributed by atoms with Gasteiger partial charge >= 0.3 is 6.18 Å². The Balaban J connectivity index is 2.06. The quantitative estimate of drug-likeness (QED) is 0.302. The lowest BCUT2D eigenvalue weighted by Gasteiger charge is -2.29. The summed E-state index contributed by atoms with van der Waals surface area (Å²) in [6, 6.07) is 12.6. The van der Waals surface area contributed by atoms with E-state index in [0.29, 0.717) is 6.07 Å². The third-order valence-corrected chi connectivity index (χ3v) is 9.11. The molecule has 14 heteroatoms. The van der Waals surface area contributed by atoms with Crippen LogP contribution in [0.25, 0.3) is 0 Å². The largest absolute Gasteiger partial charge is 0.417 e. The van der Waals surface area contributed by atoms with Crippen LogP contribution in [0.5, 0.6) is 0 Å². The summed E-state index contributed by atoms with van der Waals surface area (Å²) in [6.45, 7) is 2.65. The smallest absolute Gasteiger partial charge is 0.324 e. The van der Waals surface area contributed by atoms with Crippen LogP contribution in [0.2, 0.25) is 0 Å². The van der Waals surface area contributed by atoms with Crippen LogP contribution in [0, 0.1) is 24.1 Å². The van der Waals surface area contributed by atoms with Gasteiger partial charge in [0.2, 0.25) is 15.9 Å². The number of carbonyl (C=O) groups is 1. The minimum absolute atomic E-state index is 0.302. The van der Waals surface area contributed by atoms with Crippen LogP contribution in [0.15, 0.2) is 76.5 Å². The van der Waals surface area contributed by atoms with Crippen LogP contribution >= 0.6 is 0 Å². The number of nitrogens with one attached hydrogen (secondary N) is 2. The third-order valence-electron chi connectivity index (χ3n) is 5.55. The second kappa shape index (κ2) is 10.8. The predicted octanol–water partition coefficient (Wildman–Crippen LogP) is 4.17. The second-order valence-corrected chi connectivity index (χ2v) is 12.5. The molecule has 0 fully saturated rings. The molecule has 0 aromatic heterocycles. The standard InChI is InChI=1S/C25H21F4N3O5S2/c1-16-3-9-21(10-4-16)39(36,37)32-24(2,15-38(34,35)20-11-6-18(26)7-12-20)23(33)31-19-8-5-17(14-30)22(13-19)25(27,28)29/h3-13,32H,15H2,1-2H3,(H,31,33)/t24-/m1/s1. The maximum Gasteiger partial charge on any atom is 0.417 e. The van der Waals surface area contributed by atoms with Crippen molar-refractivity contribution in [1.29, 1.82) is 5.26 Å². The predicted molar refractivity (Wildman–Crippen MR) is 133 cm³/mol. The number of benzene rings is 3. The number of nitrogens with zero attached hydrogens (tertiary/aromatic N) is 1. The molecule has 0 aliphatic heterocycles. The van der Waals surface area contributed by atoms with E-state index in [1.165, 1.54) is 30.3 Å². The lowest BCUT2D eigenvalue weighted by Crippen LogP contribution is -2.58. The molecule has 0 radical (unpaired) electrons. The summed E-state index contributed by atoms with van der Waals surface area (Å²) in [6.07, 6.45) is -4.95. The van der Waals surface area contributed by atoms with Crippen molar-refractivity contribution in [2.75, 3.05) is 11.1 Å². The van der Waals surface area contributed by atoms with Crippen molar-refractivity contribution in [3.8, 4) is 6.07 Å². The van der Waals surface area contributed by atoms with E-state index in [-0.39, 0.29) is 4.90 Å². The first kappa shape index (κ1) is 29.8. The Bertz CT molecular complexity index is 1570. The van der Waals surface area contributed by atoms with E-state index in [9.17, 15) is 39.2 Å². The molecule has 2 N–H and O–H groups in total. The van der Waals surface area contributed by atoms with E-state index in [0.717, 1.165) is 48.9 Å². The lowest BCUT2D eigenvalue weighted by atomic mass is 10.0. The van der Waals surface area contributed by atoms with Crippen LogP contribution in [0.4, 0.5) is 23.2 Å². The van der Waals surface area contributed by atoms with E-state index < -0.39 is 70.8 Å². The Morgan fingerprint density at radius 2 is 1.49 bits per heavy atom. The molecule has 1 amide bonds. The number of alkyl halides is 3. The van der Waals surface area contributed by atoms with Gasteiger partial charge in [0.1, 0.15) is 11.4 Å². The topological polar surface area (TPSA) is 133 Å². The Morgan fingerprint density at radius 1 is 0.923 bits per heavy atom. The zero-order chi connectivity index (χ0) is 29.2. The van der Waals surface area contributed by atoms with Gasteiger partial charge in [-0.1, -0.05) is 17.7 Å². The average molecular weight is 584 g/mol. The van der Waals surface area contributed by atoms with Crippen molar-refractivity contribution in [3.05, 3.63) is 89.2 Å². The van der Waals surface area contributed by atoms with Gasteiger partial charge in [-0.3, -0.25) is 4.79 Å². The normalized spacial score (nSPS) is 13.8. The Labute approximate surface area is 222 Å². The summed E-state index contributed by atoms with van der Waals surface area (Å²) < 4.78 is 108. The summed E-state index contributed by atoms with van der Waals surface area (Å²) in [4.78, 5) is 12.6. The summed E-state index contributed by atoms with van der Waals surface area (Å²) in [7, 11) is -8.99. The zero-order valence-electron chi connectivity index (χ0n) is 20.4. The van der Waals surface area contributed by atoms with Gasteiger partial charge in [-0.05, 0) is 68.4 Å². The summed E-state index contributed by atoms with van der Waals surface area (Å²) in [5.41, 5.74) is -4.30. The van der Waals surface area contributed by atoms with Crippen molar-refractivity contribution in [3.63, 3.8) is 0 Å². The minimum Gasteiger partial charge on any atom is -0.324 e. The molecule has 39 heavy (non-hydrogen) atoms. The molecule has 0 unspecified atom stereocenters. The molecule has 3 aromatic rings.